The highest BCUT2D eigenvalue weighted by Crippen LogP contribution is 2.49. The second-order valence-corrected chi connectivity index (χ2v) is 6.73. The lowest BCUT2D eigenvalue weighted by Crippen LogP contribution is -2.48. The molecule has 3 rings (SSSR count). The van der Waals surface area contributed by atoms with Gasteiger partial charge in [0.15, 0.2) is 0 Å². The van der Waals surface area contributed by atoms with Crippen molar-refractivity contribution >= 4 is 17.6 Å². The lowest BCUT2D eigenvalue weighted by Gasteiger charge is -2.22. The highest BCUT2D eigenvalue weighted by molar-refractivity contribution is 6.31. The molecule has 3 N–H and O–H groups in total. The fourth-order valence-corrected chi connectivity index (χ4v) is 3.21. The second kappa shape index (κ2) is 6.07. The summed E-state index contributed by atoms with van der Waals surface area (Å²) in [6.45, 7) is 1.57. The topological polar surface area (TPSA) is 70.6 Å². The van der Waals surface area contributed by atoms with Gasteiger partial charge in [-0.3, -0.25) is 0 Å². The number of aliphatic hydroxyl groups is 1. The molecule has 2 aliphatic rings. The molecule has 1 heterocycles. The van der Waals surface area contributed by atoms with E-state index in [9.17, 15) is 9.90 Å². The molecule has 1 saturated heterocycles. The number of hydrogen-bond acceptors (Lipinski definition) is 3. The van der Waals surface area contributed by atoms with E-state index in [4.69, 9.17) is 16.3 Å². The normalized spacial score (nSPS) is 25.7. The van der Waals surface area contributed by atoms with Crippen LogP contribution in [0.5, 0.6) is 0 Å². The van der Waals surface area contributed by atoms with E-state index in [0.717, 1.165) is 23.4 Å². The molecule has 1 aliphatic heterocycles. The van der Waals surface area contributed by atoms with Crippen LogP contribution in [-0.2, 0) is 10.2 Å². The van der Waals surface area contributed by atoms with Crippen molar-refractivity contribution in [1.82, 2.24) is 10.6 Å². The van der Waals surface area contributed by atoms with Crippen LogP contribution in [0.2, 0.25) is 5.02 Å². The summed E-state index contributed by atoms with van der Waals surface area (Å²) in [5.74, 6) is 0. The van der Waals surface area contributed by atoms with Crippen molar-refractivity contribution in [1.29, 1.82) is 0 Å². The summed E-state index contributed by atoms with van der Waals surface area (Å²) in [5.41, 5.74) is 0.125. The minimum absolute atomic E-state index is 0.0386. The van der Waals surface area contributed by atoms with Crippen molar-refractivity contribution in [3.63, 3.8) is 0 Å². The SMILES string of the molecule is O=C(NCC1(c2ccccc2Cl)CC1)NC[C@]1(O)CCOC1. The Morgan fingerprint density at radius 1 is 1.23 bits per heavy atom. The molecule has 22 heavy (non-hydrogen) atoms. The van der Waals surface area contributed by atoms with Crippen LogP contribution in [0.1, 0.15) is 24.8 Å². The van der Waals surface area contributed by atoms with Gasteiger partial charge in [0.1, 0.15) is 5.60 Å². The predicted octanol–water partition coefficient (Wildman–Crippen LogP) is 1.82. The van der Waals surface area contributed by atoms with Gasteiger partial charge in [0, 0.05) is 30.0 Å². The molecule has 1 aliphatic carbocycles. The Morgan fingerprint density at radius 2 is 1.95 bits per heavy atom. The molecule has 2 fully saturated rings. The first-order valence-corrected chi connectivity index (χ1v) is 7.98. The van der Waals surface area contributed by atoms with Gasteiger partial charge < -0.3 is 20.5 Å². The quantitative estimate of drug-likeness (QED) is 0.774. The lowest BCUT2D eigenvalue weighted by atomic mass is 9.96. The van der Waals surface area contributed by atoms with Crippen molar-refractivity contribution in [2.75, 3.05) is 26.3 Å². The molecule has 0 aromatic heterocycles. The third kappa shape index (κ3) is 3.37. The average Bonchev–Trinajstić information content (AvgIpc) is 3.18. The van der Waals surface area contributed by atoms with E-state index >= 15 is 0 Å². The number of ether oxygens (including phenoxy) is 1. The Morgan fingerprint density at radius 3 is 2.59 bits per heavy atom. The molecule has 0 bridgehead atoms. The molecule has 2 amide bonds. The van der Waals surface area contributed by atoms with E-state index in [1.54, 1.807) is 0 Å². The predicted molar refractivity (Wildman–Crippen MR) is 84.2 cm³/mol. The number of benzene rings is 1. The van der Waals surface area contributed by atoms with Crippen LogP contribution in [0.15, 0.2) is 24.3 Å². The van der Waals surface area contributed by atoms with Crippen LogP contribution in [0.3, 0.4) is 0 Å². The summed E-state index contributed by atoms with van der Waals surface area (Å²) in [6, 6.07) is 7.52. The smallest absolute Gasteiger partial charge is 0.314 e. The number of carbonyl (C=O) groups excluding carboxylic acids is 1. The van der Waals surface area contributed by atoms with Gasteiger partial charge in [0.25, 0.3) is 0 Å². The van der Waals surface area contributed by atoms with Gasteiger partial charge in [-0.25, -0.2) is 4.79 Å². The fourth-order valence-electron chi connectivity index (χ4n) is 2.88. The average molecular weight is 325 g/mol. The zero-order valence-electron chi connectivity index (χ0n) is 12.4. The Kier molecular flexibility index (Phi) is 4.30. The van der Waals surface area contributed by atoms with Gasteiger partial charge in [-0.2, -0.15) is 0 Å². The fraction of sp³-hybridized carbons (Fsp3) is 0.562. The number of carbonyl (C=O) groups is 1. The minimum atomic E-state index is -0.933. The molecule has 1 aromatic carbocycles. The number of urea groups is 1. The molecule has 6 heteroatoms. The Balaban J connectivity index is 1.50. The summed E-state index contributed by atoms with van der Waals surface area (Å²) in [5, 5.41) is 16.5. The van der Waals surface area contributed by atoms with Crippen molar-refractivity contribution in [3.8, 4) is 0 Å². The standard InChI is InChI=1S/C16H21ClN2O3/c17-13-4-2-1-3-12(13)15(5-6-15)9-18-14(20)19-10-16(21)7-8-22-11-16/h1-4,21H,5-11H2,(H2,18,19,20)/t16-/m1/s1. The lowest BCUT2D eigenvalue weighted by molar-refractivity contribution is 0.0292. The summed E-state index contributed by atoms with van der Waals surface area (Å²) >= 11 is 6.25. The number of rotatable bonds is 5. The van der Waals surface area contributed by atoms with E-state index in [0.29, 0.717) is 19.6 Å². The molecule has 0 spiro atoms. The van der Waals surface area contributed by atoms with E-state index in [-0.39, 0.29) is 24.6 Å². The maximum atomic E-state index is 11.9. The molecule has 5 nitrogen and oxygen atoms in total. The molecule has 120 valence electrons. The minimum Gasteiger partial charge on any atom is -0.386 e. The zero-order valence-corrected chi connectivity index (χ0v) is 13.2. The van der Waals surface area contributed by atoms with Gasteiger partial charge in [-0.1, -0.05) is 29.8 Å². The molecular weight excluding hydrogens is 304 g/mol. The van der Waals surface area contributed by atoms with E-state index < -0.39 is 5.60 Å². The molecule has 1 atom stereocenters. The first-order chi connectivity index (χ1) is 10.5. The summed E-state index contributed by atoms with van der Waals surface area (Å²) in [4.78, 5) is 11.9. The van der Waals surface area contributed by atoms with Gasteiger partial charge in [0.2, 0.25) is 0 Å². The molecular formula is C16H21ClN2O3. The van der Waals surface area contributed by atoms with Crippen molar-refractivity contribution in [2.24, 2.45) is 0 Å². The Hall–Kier alpha value is -1.30. The highest BCUT2D eigenvalue weighted by Gasteiger charge is 2.45. The third-order valence-electron chi connectivity index (χ3n) is 4.55. The van der Waals surface area contributed by atoms with Crippen LogP contribution in [0, 0.1) is 0 Å². The van der Waals surface area contributed by atoms with E-state index in [1.165, 1.54) is 0 Å². The highest BCUT2D eigenvalue weighted by atomic mass is 35.5. The van der Waals surface area contributed by atoms with Crippen LogP contribution >= 0.6 is 11.6 Å². The number of hydrogen-bond donors (Lipinski definition) is 3. The van der Waals surface area contributed by atoms with Gasteiger partial charge in [-0.15, -0.1) is 0 Å². The molecule has 0 radical (unpaired) electrons. The first kappa shape index (κ1) is 15.6. The largest absolute Gasteiger partial charge is 0.386 e. The van der Waals surface area contributed by atoms with Crippen LogP contribution in [-0.4, -0.2) is 43.0 Å². The van der Waals surface area contributed by atoms with Crippen LogP contribution in [0.4, 0.5) is 4.79 Å². The van der Waals surface area contributed by atoms with Crippen molar-refractivity contribution in [3.05, 3.63) is 34.9 Å². The van der Waals surface area contributed by atoms with Gasteiger partial charge in [0.05, 0.1) is 13.2 Å². The Bertz CT molecular complexity index is 554. The maximum Gasteiger partial charge on any atom is 0.314 e. The van der Waals surface area contributed by atoms with Crippen LogP contribution in [0.25, 0.3) is 0 Å². The van der Waals surface area contributed by atoms with E-state index in [1.807, 2.05) is 24.3 Å². The zero-order chi connectivity index (χ0) is 15.6. The third-order valence-corrected chi connectivity index (χ3v) is 4.88. The second-order valence-electron chi connectivity index (χ2n) is 6.32. The number of nitrogens with one attached hydrogen (secondary N) is 2. The number of halogens is 1. The maximum absolute atomic E-state index is 11.9. The molecule has 1 aromatic rings. The van der Waals surface area contributed by atoms with Crippen LogP contribution < -0.4 is 10.6 Å². The molecule has 1 saturated carbocycles. The van der Waals surface area contributed by atoms with Crippen molar-refractivity contribution < 1.29 is 14.6 Å². The Labute approximate surface area is 135 Å². The van der Waals surface area contributed by atoms with E-state index in [2.05, 4.69) is 10.6 Å². The number of amides is 2. The summed E-state index contributed by atoms with van der Waals surface area (Å²) in [6.07, 6.45) is 2.60. The molecule has 0 unspecified atom stereocenters. The summed E-state index contributed by atoms with van der Waals surface area (Å²) < 4.78 is 5.15. The first-order valence-electron chi connectivity index (χ1n) is 7.60. The van der Waals surface area contributed by atoms with Gasteiger partial charge in [-0.05, 0) is 24.5 Å². The summed E-state index contributed by atoms with van der Waals surface area (Å²) in [7, 11) is 0. The van der Waals surface area contributed by atoms with Gasteiger partial charge >= 0.3 is 6.03 Å². The monoisotopic (exact) mass is 324 g/mol. The van der Waals surface area contributed by atoms with Crippen molar-refractivity contribution in [2.45, 2.75) is 30.3 Å².